The van der Waals surface area contributed by atoms with Crippen molar-refractivity contribution in [2.75, 3.05) is 6.61 Å². The van der Waals surface area contributed by atoms with E-state index in [0.717, 1.165) is 12.8 Å². The van der Waals surface area contributed by atoms with Gasteiger partial charge in [0.1, 0.15) is 0 Å². The van der Waals surface area contributed by atoms with Gasteiger partial charge in [-0.1, -0.05) is 13.8 Å². The molecule has 1 unspecified atom stereocenters. The van der Waals surface area contributed by atoms with E-state index >= 15 is 0 Å². The summed E-state index contributed by atoms with van der Waals surface area (Å²) in [6, 6.07) is 0. The van der Waals surface area contributed by atoms with E-state index in [4.69, 9.17) is 4.18 Å². The predicted octanol–water partition coefficient (Wildman–Crippen LogP) is 2.27. The highest BCUT2D eigenvalue weighted by Crippen LogP contribution is 2.17. The fraction of sp³-hybridized carbons (Fsp3) is 1.00. The minimum atomic E-state index is -1.13. The van der Waals surface area contributed by atoms with E-state index in [0.29, 0.717) is 6.61 Å². The van der Waals surface area contributed by atoms with Crippen LogP contribution in [0.3, 0.4) is 0 Å². The monoisotopic (exact) mass is 178 g/mol. The molecule has 1 atom stereocenters. The summed E-state index contributed by atoms with van der Waals surface area (Å²) in [5.74, 6) is 0. The Morgan fingerprint density at radius 2 is 1.91 bits per heavy atom. The van der Waals surface area contributed by atoms with Gasteiger partial charge in [0.2, 0.25) is 0 Å². The second-order valence-corrected chi connectivity index (χ2v) is 4.98. The van der Waals surface area contributed by atoms with Gasteiger partial charge in [-0.05, 0) is 26.7 Å². The van der Waals surface area contributed by atoms with Crippen LogP contribution >= 0.6 is 0 Å². The zero-order valence-corrected chi connectivity index (χ0v) is 8.66. The largest absolute Gasteiger partial charge is 0.290 e. The van der Waals surface area contributed by atoms with Crippen molar-refractivity contribution in [3.63, 3.8) is 0 Å². The van der Waals surface area contributed by atoms with Gasteiger partial charge in [-0.25, -0.2) is 4.21 Å². The van der Waals surface area contributed by atoms with Crippen LogP contribution < -0.4 is 0 Å². The van der Waals surface area contributed by atoms with Crippen LogP contribution in [-0.4, -0.2) is 15.6 Å². The molecule has 11 heavy (non-hydrogen) atoms. The van der Waals surface area contributed by atoms with Crippen LogP contribution in [0, 0.1) is 0 Å². The van der Waals surface area contributed by atoms with E-state index < -0.39 is 11.1 Å². The van der Waals surface area contributed by atoms with Gasteiger partial charge in [0.05, 0.1) is 11.4 Å². The third kappa shape index (κ3) is 3.87. The van der Waals surface area contributed by atoms with Crippen LogP contribution in [0.5, 0.6) is 0 Å². The Bertz CT molecular complexity index is 132. The Balaban J connectivity index is 3.82. The summed E-state index contributed by atoms with van der Waals surface area (Å²) < 4.78 is 16.3. The normalized spacial score (nSPS) is 14.9. The zero-order chi connectivity index (χ0) is 8.91. The van der Waals surface area contributed by atoms with Crippen molar-refractivity contribution in [2.45, 2.75) is 45.3 Å². The molecule has 0 N–H and O–H groups in total. The highest BCUT2D eigenvalue weighted by atomic mass is 32.2. The topological polar surface area (TPSA) is 26.3 Å². The minimum Gasteiger partial charge on any atom is -0.290 e. The van der Waals surface area contributed by atoms with Gasteiger partial charge < -0.3 is 0 Å². The van der Waals surface area contributed by atoms with Crippen molar-refractivity contribution in [3.8, 4) is 0 Å². The Morgan fingerprint density at radius 1 is 1.36 bits per heavy atom. The molecule has 2 nitrogen and oxygen atoms in total. The molecule has 3 heteroatoms. The SMILES string of the molecule is CCCOS(=O)C(C)(C)CC. The summed E-state index contributed by atoms with van der Waals surface area (Å²) in [4.78, 5) is 0. The molecular formula is C8H18O2S. The molecule has 0 spiro atoms. The van der Waals surface area contributed by atoms with Crippen LogP contribution in [0.2, 0.25) is 0 Å². The average Bonchev–Trinajstić information content (AvgIpc) is 2.00. The van der Waals surface area contributed by atoms with Crippen LogP contribution in [0.15, 0.2) is 0 Å². The molecule has 0 bridgehead atoms. The first kappa shape index (κ1) is 11.1. The lowest BCUT2D eigenvalue weighted by molar-refractivity contribution is 0.333. The molecule has 0 saturated heterocycles. The van der Waals surface area contributed by atoms with E-state index in [2.05, 4.69) is 0 Å². The lowest BCUT2D eigenvalue weighted by atomic mass is 10.1. The Hall–Kier alpha value is 0.110. The Labute approximate surface area is 72.0 Å². The minimum absolute atomic E-state index is 0.199. The number of hydrogen-bond donors (Lipinski definition) is 0. The summed E-state index contributed by atoms with van der Waals surface area (Å²) in [6.07, 6.45) is 1.80. The fourth-order valence-electron chi connectivity index (χ4n) is 0.436. The van der Waals surface area contributed by atoms with Crippen molar-refractivity contribution in [1.29, 1.82) is 0 Å². The number of rotatable bonds is 5. The molecule has 0 saturated carbocycles. The van der Waals surface area contributed by atoms with Crippen LogP contribution in [-0.2, 0) is 15.3 Å². The Morgan fingerprint density at radius 3 is 2.27 bits per heavy atom. The Kier molecular flexibility index (Phi) is 4.93. The van der Waals surface area contributed by atoms with Crippen LogP contribution in [0.4, 0.5) is 0 Å². The smallest absolute Gasteiger partial charge is 0.161 e. The van der Waals surface area contributed by atoms with Crippen LogP contribution in [0.25, 0.3) is 0 Å². The summed E-state index contributed by atoms with van der Waals surface area (Å²) in [5, 5.41) is 0. The maximum atomic E-state index is 11.3. The second-order valence-electron chi connectivity index (χ2n) is 3.17. The lowest BCUT2D eigenvalue weighted by Gasteiger charge is -2.20. The maximum absolute atomic E-state index is 11.3. The van der Waals surface area contributed by atoms with E-state index in [-0.39, 0.29) is 4.75 Å². The summed E-state index contributed by atoms with van der Waals surface area (Å²) >= 11 is -1.13. The molecule has 0 heterocycles. The van der Waals surface area contributed by atoms with Gasteiger partial charge in [-0.2, -0.15) is 0 Å². The van der Waals surface area contributed by atoms with E-state index in [1.807, 2.05) is 27.7 Å². The molecule has 0 aliphatic carbocycles. The third-order valence-corrected chi connectivity index (χ3v) is 3.27. The molecule has 0 aliphatic rings. The van der Waals surface area contributed by atoms with Crippen molar-refractivity contribution in [2.24, 2.45) is 0 Å². The number of hydrogen-bond acceptors (Lipinski definition) is 2. The van der Waals surface area contributed by atoms with Crippen LogP contribution in [0.1, 0.15) is 40.5 Å². The quantitative estimate of drug-likeness (QED) is 0.645. The summed E-state index contributed by atoms with van der Waals surface area (Å²) in [7, 11) is 0. The zero-order valence-electron chi connectivity index (χ0n) is 7.85. The van der Waals surface area contributed by atoms with E-state index in [1.54, 1.807) is 0 Å². The second kappa shape index (κ2) is 4.88. The molecule has 0 aliphatic heterocycles. The molecule has 0 rings (SSSR count). The fourth-order valence-corrected chi connectivity index (χ4v) is 1.31. The summed E-state index contributed by atoms with van der Waals surface area (Å²) in [6.45, 7) is 8.54. The first-order valence-corrected chi connectivity index (χ1v) is 5.17. The third-order valence-electron chi connectivity index (χ3n) is 1.70. The van der Waals surface area contributed by atoms with Crippen molar-refractivity contribution in [1.82, 2.24) is 0 Å². The average molecular weight is 178 g/mol. The molecule has 0 fully saturated rings. The van der Waals surface area contributed by atoms with Crippen molar-refractivity contribution < 1.29 is 8.39 Å². The molecule has 0 aromatic heterocycles. The first-order chi connectivity index (χ1) is 5.04. The molecule has 0 radical (unpaired) electrons. The summed E-state index contributed by atoms with van der Waals surface area (Å²) in [5.41, 5.74) is 0. The molecule has 0 amide bonds. The van der Waals surface area contributed by atoms with Gasteiger partial charge in [-0.15, -0.1) is 0 Å². The highest BCUT2D eigenvalue weighted by molar-refractivity contribution is 7.81. The maximum Gasteiger partial charge on any atom is 0.161 e. The van der Waals surface area contributed by atoms with Crippen molar-refractivity contribution >= 4 is 11.1 Å². The molecule has 0 aromatic carbocycles. The predicted molar refractivity (Wildman–Crippen MR) is 48.8 cm³/mol. The molecule has 0 aromatic rings. The van der Waals surface area contributed by atoms with Crippen molar-refractivity contribution in [3.05, 3.63) is 0 Å². The standard InChI is InChI=1S/C8H18O2S/c1-5-7-10-11(9)8(3,4)6-2/h5-7H2,1-4H3. The van der Waals surface area contributed by atoms with E-state index in [9.17, 15) is 4.21 Å². The van der Waals surface area contributed by atoms with Gasteiger partial charge >= 0.3 is 0 Å². The van der Waals surface area contributed by atoms with Gasteiger partial charge in [0, 0.05) is 0 Å². The van der Waals surface area contributed by atoms with Gasteiger partial charge in [-0.3, -0.25) is 4.18 Å². The van der Waals surface area contributed by atoms with E-state index in [1.165, 1.54) is 0 Å². The van der Waals surface area contributed by atoms with Gasteiger partial charge in [0.15, 0.2) is 11.1 Å². The molecular weight excluding hydrogens is 160 g/mol. The highest BCUT2D eigenvalue weighted by Gasteiger charge is 2.24. The molecule has 68 valence electrons. The van der Waals surface area contributed by atoms with Gasteiger partial charge in [0.25, 0.3) is 0 Å². The first-order valence-electron chi connectivity index (χ1n) is 4.09. The lowest BCUT2D eigenvalue weighted by Crippen LogP contribution is -2.27.